The quantitative estimate of drug-likeness (QED) is 0.676. The van der Waals surface area contributed by atoms with Crippen molar-refractivity contribution in [3.63, 3.8) is 0 Å². The number of aryl methyl sites for hydroxylation is 1. The molecular formula is C21H19N3O2S. The van der Waals surface area contributed by atoms with Crippen LogP contribution in [0.25, 0.3) is 10.9 Å². The Hall–Kier alpha value is -2.60. The minimum absolute atomic E-state index is 0.0716. The second-order valence-corrected chi connectivity index (χ2v) is 7.79. The lowest BCUT2D eigenvalue weighted by atomic mass is 9.93. The van der Waals surface area contributed by atoms with Crippen LogP contribution in [0.1, 0.15) is 29.9 Å². The van der Waals surface area contributed by atoms with Crippen molar-refractivity contribution in [3.8, 4) is 0 Å². The van der Waals surface area contributed by atoms with E-state index >= 15 is 0 Å². The number of amides is 1. The molecule has 3 heterocycles. The van der Waals surface area contributed by atoms with Crippen molar-refractivity contribution in [3.05, 3.63) is 59.7 Å². The van der Waals surface area contributed by atoms with E-state index in [0.29, 0.717) is 12.3 Å². The maximum atomic E-state index is 12.4. The molecule has 1 amide bonds. The van der Waals surface area contributed by atoms with Gasteiger partial charge in [0.25, 0.3) is 0 Å². The van der Waals surface area contributed by atoms with Gasteiger partial charge in [-0.05, 0) is 43.9 Å². The minimum atomic E-state index is 0.0716. The molecule has 0 saturated carbocycles. The van der Waals surface area contributed by atoms with Gasteiger partial charge in [0.15, 0.2) is 5.17 Å². The molecule has 3 aromatic rings. The lowest BCUT2D eigenvalue weighted by Gasteiger charge is -2.20. The molecule has 1 aromatic carbocycles. The molecule has 5 nitrogen and oxygen atoms in total. The Morgan fingerprint density at radius 3 is 2.93 bits per heavy atom. The third kappa shape index (κ3) is 3.04. The van der Waals surface area contributed by atoms with Crippen molar-refractivity contribution >= 4 is 39.4 Å². The highest BCUT2D eigenvalue weighted by Gasteiger charge is 2.30. The number of pyridine rings is 1. The van der Waals surface area contributed by atoms with Crippen LogP contribution in [-0.4, -0.2) is 26.7 Å². The minimum Gasteiger partial charge on any atom is -0.467 e. The summed E-state index contributed by atoms with van der Waals surface area (Å²) in [4.78, 5) is 24.0. The molecule has 0 radical (unpaired) electrons. The Kier molecular flexibility index (Phi) is 4.20. The van der Waals surface area contributed by atoms with E-state index in [1.807, 2.05) is 30.3 Å². The smallest absolute Gasteiger partial charge is 0.239 e. The molecule has 1 aliphatic carbocycles. The molecule has 0 atom stereocenters. The summed E-state index contributed by atoms with van der Waals surface area (Å²) in [5.41, 5.74) is 4.36. The summed E-state index contributed by atoms with van der Waals surface area (Å²) in [5, 5.41) is 1.81. The monoisotopic (exact) mass is 377 g/mol. The Bertz CT molecular complexity index is 1040. The predicted octanol–water partition coefficient (Wildman–Crippen LogP) is 4.47. The number of furan rings is 1. The number of benzene rings is 1. The lowest BCUT2D eigenvalue weighted by molar-refractivity contribution is -0.124. The topological polar surface area (TPSA) is 58.7 Å². The largest absolute Gasteiger partial charge is 0.467 e. The first-order chi connectivity index (χ1) is 13.3. The summed E-state index contributed by atoms with van der Waals surface area (Å²) >= 11 is 1.50. The van der Waals surface area contributed by atoms with Gasteiger partial charge in [0.2, 0.25) is 5.91 Å². The summed E-state index contributed by atoms with van der Waals surface area (Å²) in [6.07, 6.45) is 5.96. The summed E-state index contributed by atoms with van der Waals surface area (Å²) in [6.45, 7) is 0.420. The third-order valence-electron chi connectivity index (χ3n) is 5.10. The van der Waals surface area contributed by atoms with E-state index in [2.05, 4.69) is 6.07 Å². The van der Waals surface area contributed by atoms with Crippen LogP contribution in [0.4, 0.5) is 5.69 Å². The molecule has 0 bridgehead atoms. The van der Waals surface area contributed by atoms with E-state index in [9.17, 15) is 4.79 Å². The zero-order chi connectivity index (χ0) is 18.2. The number of carbonyl (C=O) groups excluding carboxylic acids is 1. The van der Waals surface area contributed by atoms with Crippen LogP contribution in [0.15, 0.2) is 52.1 Å². The molecule has 1 saturated heterocycles. The molecule has 5 rings (SSSR count). The fourth-order valence-electron chi connectivity index (χ4n) is 3.77. The number of rotatable bonds is 3. The van der Waals surface area contributed by atoms with Crippen LogP contribution >= 0.6 is 11.8 Å². The first kappa shape index (κ1) is 16.6. The van der Waals surface area contributed by atoms with Gasteiger partial charge in [-0.15, -0.1) is 0 Å². The number of hydrogen-bond acceptors (Lipinski definition) is 5. The number of fused-ring (bicyclic) bond motifs is 2. The molecule has 2 aromatic heterocycles. The van der Waals surface area contributed by atoms with Crippen LogP contribution in [-0.2, 0) is 24.2 Å². The van der Waals surface area contributed by atoms with E-state index in [4.69, 9.17) is 14.4 Å². The highest BCUT2D eigenvalue weighted by molar-refractivity contribution is 8.15. The number of aliphatic imine (C=N–C) groups is 1. The molecule has 6 heteroatoms. The number of thioether (sulfide) groups is 1. The molecule has 1 fully saturated rings. The first-order valence-corrected chi connectivity index (χ1v) is 10.2. The molecule has 1 aliphatic heterocycles. The van der Waals surface area contributed by atoms with Gasteiger partial charge in [0, 0.05) is 16.6 Å². The summed E-state index contributed by atoms with van der Waals surface area (Å²) in [5.74, 6) is 1.26. The Morgan fingerprint density at radius 1 is 1.15 bits per heavy atom. The van der Waals surface area contributed by atoms with Gasteiger partial charge in [0.05, 0.1) is 29.8 Å². The maximum absolute atomic E-state index is 12.4. The van der Waals surface area contributed by atoms with Gasteiger partial charge in [-0.3, -0.25) is 14.7 Å². The molecule has 0 unspecified atom stereocenters. The molecule has 27 heavy (non-hydrogen) atoms. The van der Waals surface area contributed by atoms with Crippen molar-refractivity contribution in [2.75, 3.05) is 5.75 Å². The third-order valence-corrected chi connectivity index (χ3v) is 6.06. The number of carbonyl (C=O) groups is 1. The number of amidine groups is 1. The standard InChI is InChI=1S/C21H19N3O2S/c25-19-13-27-21(24(19)12-14-6-5-11-26-14)23-20-15-7-1-3-9-17(15)22-18-10-4-2-8-16(18)20/h1,3,5-7,9,11H,2,4,8,10,12-13H2. The predicted molar refractivity (Wildman–Crippen MR) is 107 cm³/mol. The molecule has 136 valence electrons. The van der Waals surface area contributed by atoms with E-state index < -0.39 is 0 Å². The molecule has 2 aliphatic rings. The lowest BCUT2D eigenvalue weighted by Crippen LogP contribution is -2.28. The van der Waals surface area contributed by atoms with Crippen molar-refractivity contribution in [2.24, 2.45) is 4.99 Å². The SMILES string of the molecule is O=C1CSC(=Nc2c3c(nc4ccccc24)CCCC3)N1Cc1ccco1. The normalized spacial score (nSPS) is 18.4. The van der Waals surface area contributed by atoms with Crippen LogP contribution < -0.4 is 0 Å². The Labute approximate surface area is 161 Å². The fraction of sp³-hybridized carbons (Fsp3) is 0.286. The van der Waals surface area contributed by atoms with E-state index in [1.54, 1.807) is 11.2 Å². The summed E-state index contributed by atoms with van der Waals surface area (Å²) < 4.78 is 5.43. The summed E-state index contributed by atoms with van der Waals surface area (Å²) in [7, 11) is 0. The van der Waals surface area contributed by atoms with Gasteiger partial charge in [-0.1, -0.05) is 30.0 Å². The van der Waals surface area contributed by atoms with Gasteiger partial charge < -0.3 is 4.42 Å². The van der Waals surface area contributed by atoms with E-state index in [-0.39, 0.29) is 5.91 Å². The molecule has 0 N–H and O–H groups in total. The maximum Gasteiger partial charge on any atom is 0.239 e. The van der Waals surface area contributed by atoms with E-state index in [0.717, 1.165) is 52.5 Å². The van der Waals surface area contributed by atoms with Crippen LogP contribution in [0, 0.1) is 0 Å². The first-order valence-electron chi connectivity index (χ1n) is 9.24. The van der Waals surface area contributed by atoms with Gasteiger partial charge in [-0.2, -0.15) is 0 Å². The summed E-state index contributed by atoms with van der Waals surface area (Å²) in [6, 6.07) is 11.9. The molecule has 0 spiro atoms. The Morgan fingerprint density at radius 2 is 2.04 bits per heavy atom. The van der Waals surface area contributed by atoms with E-state index in [1.165, 1.54) is 23.7 Å². The average molecular weight is 377 g/mol. The zero-order valence-corrected chi connectivity index (χ0v) is 15.7. The zero-order valence-electron chi connectivity index (χ0n) is 14.9. The number of nitrogens with zero attached hydrogens (tertiary/aromatic N) is 3. The van der Waals surface area contributed by atoms with Gasteiger partial charge in [-0.25, -0.2) is 4.99 Å². The number of hydrogen-bond donors (Lipinski definition) is 0. The average Bonchev–Trinajstić information content (AvgIpc) is 3.33. The Balaban J connectivity index is 1.63. The molecular weight excluding hydrogens is 358 g/mol. The van der Waals surface area contributed by atoms with Crippen molar-refractivity contribution in [2.45, 2.75) is 32.2 Å². The highest BCUT2D eigenvalue weighted by Crippen LogP contribution is 2.37. The second kappa shape index (κ2) is 6.85. The number of para-hydroxylation sites is 1. The van der Waals surface area contributed by atoms with Gasteiger partial charge >= 0.3 is 0 Å². The fourth-order valence-corrected chi connectivity index (χ4v) is 4.65. The van der Waals surface area contributed by atoms with Crippen molar-refractivity contribution < 1.29 is 9.21 Å². The van der Waals surface area contributed by atoms with Crippen LogP contribution in [0.2, 0.25) is 0 Å². The van der Waals surface area contributed by atoms with Crippen molar-refractivity contribution in [1.82, 2.24) is 9.88 Å². The number of aromatic nitrogens is 1. The second-order valence-electron chi connectivity index (χ2n) is 6.85. The van der Waals surface area contributed by atoms with Crippen LogP contribution in [0.3, 0.4) is 0 Å². The van der Waals surface area contributed by atoms with Gasteiger partial charge in [0.1, 0.15) is 5.76 Å². The van der Waals surface area contributed by atoms with Crippen LogP contribution in [0.5, 0.6) is 0 Å². The van der Waals surface area contributed by atoms with Crippen molar-refractivity contribution in [1.29, 1.82) is 0 Å². The highest BCUT2D eigenvalue weighted by atomic mass is 32.2.